The highest BCUT2D eigenvalue weighted by molar-refractivity contribution is 5.24. The standard InChI is InChI=1S/C12H16FNO/c1-9-2-3-11(13)10(6-9)7-14-12(8-15)4-5-12/h2-3,6,14-15H,4-5,7-8H2,1H3. The molecule has 0 spiro atoms. The van der Waals surface area contributed by atoms with Crippen molar-refractivity contribution in [2.45, 2.75) is 31.8 Å². The quantitative estimate of drug-likeness (QED) is 0.791. The normalized spacial score (nSPS) is 17.8. The van der Waals surface area contributed by atoms with Crippen molar-refractivity contribution < 1.29 is 9.50 Å². The molecule has 15 heavy (non-hydrogen) atoms. The molecule has 82 valence electrons. The third-order valence-corrected chi connectivity index (χ3v) is 3.01. The van der Waals surface area contributed by atoms with Crippen molar-refractivity contribution in [1.29, 1.82) is 0 Å². The second kappa shape index (κ2) is 3.91. The first-order chi connectivity index (χ1) is 7.15. The van der Waals surface area contributed by atoms with Gasteiger partial charge in [-0.2, -0.15) is 0 Å². The van der Waals surface area contributed by atoms with E-state index in [0.29, 0.717) is 12.1 Å². The van der Waals surface area contributed by atoms with Crippen molar-refractivity contribution in [3.8, 4) is 0 Å². The molecule has 2 rings (SSSR count). The van der Waals surface area contributed by atoms with Crippen molar-refractivity contribution in [2.75, 3.05) is 6.61 Å². The van der Waals surface area contributed by atoms with Crippen LogP contribution in [0.5, 0.6) is 0 Å². The fourth-order valence-electron chi connectivity index (χ4n) is 1.66. The molecule has 0 aromatic heterocycles. The zero-order valence-electron chi connectivity index (χ0n) is 8.89. The van der Waals surface area contributed by atoms with Crippen LogP contribution in [0.2, 0.25) is 0 Å². The molecule has 0 aliphatic heterocycles. The van der Waals surface area contributed by atoms with Crippen LogP contribution in [0, 0.1) is 12.7 Å². The van der Waals surface area contributed by atoms with Gasteiger partial charge in [-0.3, -0.25) is 0 Å². The molecule has 0 heterocycles. The fourth-order valence-corrected chi connectivity index (χ4v) is 1.66. The molecule has 1 aliphatic rings. The van der Waals surface area contributed by atoms with Gasteiger partial charge >= 0.3 is 0 Å². The summed E-state index contributed by atoms with van der Waals surface area (Å²) in [5.41, 5.74) is 1.60. The van der Waals surface area contributed by atoms with E-state index in [1.54, 1.807) is 6.07 Å². The topological polar surface area (TPSA) is 32.3 Å². The van der Waals surface area contributed by atoms with E-state index in [4.69, 9.17) is 5.11 Å². The number of halogens is 1. The first kappa shape index (κ1) is 10.6. The van der Waals surface area contributed by atoms with Gasteiger partial charge in [0.05, 0.1) is 6.61 Å². The van der Waals surface area contributed by atoms with Gasteiger partial charge in [-0.15, -0.1) is 0 Å². The van der Waals surface area contributed by atoms with E-state index in [0.717, 1.165) is 18.4 Å². The van der Waals surface area contributed by atoms with Gasteiger partial charge in [0, 0.05) is 17.6 Å². The van der Waals surface area contributed by atoms with E-state index in [1.807, 2.05) is 13.0 Å². The minimum atomic E-state index is -0.179. The molecule has 0 bridgehead atoms. The van der Waals surface area contributed by atoms with E-state index in [1.165, 1.54) is 6.07 Å². The monoisotopic (exact) mass is 209 g/mol. The van der Waals surface area contributed by atoms with Crippen molar-refractivity contribution in [1.82, 2.24) is 5.32 Å². The molecule has 1 saturated carbocycles. The highest BCUT2D eigenvalue weighted by atomic mass is 19.1. The molecule has 1 aliphatic carbocycles. The molecular weight excluding hydrogens is 193 g/mol. The summed E-state index contributed by atoms with van der Waals surface area (Å²) in [6.07, 6.45) is 1.97. The second-order valence-electron chi connectivity index (χ2n) is 4.39. The van der Waals surface area contributed by atoms with E-state index < -0.39 is 0 Å². The predicted molar refractivity (Wildman–Crippen MR) is 57.0 cm³/mol. The van der Waals surface area contributed by atoms with Crippen molar-refractivity contribution >= 4 is 0 Å². The van der Waals surface area contributed by atoms with Crippen LogP contribution in [0.15, 0.2) is 18.2 Å². The number of rotatable bonds is 4. The van der Waals surface area contributed by atoms with E-state index in [2.05, 4.69) is 5.32 Å². The third kappa shape index (κ3) is 2.36. The zero-order chi connectivity index (χ0) is 10.9. The van der Waals surface area contributed by atoms with Crippen molar-refractivity contribution in [3.05, 3.63) is 35.1 Å². The Morgan fingerprint density at radius 2 is 2.20 bits per heavy atom. The molecule has 0 saturated heterocycles. The molecular formula is C12H16FNO. The molecule has 0 atom stereocenters. The average molecular weight is 209 g/mol. The maximum atomic E-state index is 13.4. The SMILES string of the molecule is Cc1ccc(F)c(CNC2(CO)CC2)c1. The molecule has 2 nitrogen and oxygen atoms in total. The predicted octanol–water partition coefficient (Wildman–Crippen LogP) is 1.75. The summed E-state index contributed by atoms with van der Waals surface area (Å²) in [6, 6.07) is 5.10. The zero-order valence-corrected chi connectivity index (χ0v) is 8.89. The number of nitrogens with one attached hydrogen (secondary N) is 1. The number of benzene rings is 1. The molecule has 1 fully saturated rings. The maximum Gasteiger partial charge on any atom is 0.127 e. The summed E-state index contributed by atoms with van der Waals surface area (Å²) >= 11 is 0. The lowest BCUT2D eigenvalue weighted by molar-refractivity contribution is 0.229. The van der Waals surface area contributed by atoms with Crippen LogP contribution in [0.25, 0.3) is 0 Å². The first-order valence-corrected chi connectivity index (χ1v) is 5.26. The van der Waals surface area contributed by atoms with Gasteiger partial charge in [-0.05, 0) is 25.8 Å². The Balaban J connectivity index is 2.01. The molecule has 0 radical (unpaired) electrons. The third-order valence-electron chi connectivity index (χ3n) is 3.01. The average Bonchev–Trinajstić information content (AvgIpc) is 3.00. The summed E-state index contributed by atoms with van der Waals surface area (Å²) in [6.45, 7) is 2.58. The first-order valence-electron chi connectivity index (χ1n) is 5.26. The summed E-state index contributed by atoms with van der Waals surface area (Å²) < 4.78 is 13.4. The van der Waals surface area contributed by atoms with E-state index >= 15 is 0 Å². The van der Waals surface area contributed by atoms with Crippen LogP contribution < -0.4 is 5.32 Å². The fraction of sp³-hybridized carbons (Fsp3) is 0.500. The molecule has 0 unspecified atom stereocenters. The van der Waals surface area contributed by atoms with E-state index in [9.17, 15) is 4.39 Å². The molecule has 1 aromatic rings. The van der Waals surface area contributed by atoms with Crippen molar-refractivity contribution in [3.63, 3.8) is 0 Å². The molecule has 0 amide bonds. The van der Waals surface area contributed by atoms with Gasteiger partial charge in [-0.1, -0.05) is 17.7 Å². The summed E-state index contributed by atoms with van der Waals surface area (Å²) in [5, 5.41) is 12.3. The Kier molecular flexibility index (Phi) is 2.76. The van der Waals surface area contributed by atoms with Crippen LogP contribution in [0.4, 0.5) is 4.39 Å². The van der Waals surface area contributed by atoms with Crippen molar-refractivity contribution in [2.24, 2.45) is 0 Å². The van der Waals surface area contributed by atoms with Gasteiger partial charge in [0.25, 0.3) is 0 Å². The number of hydrogen-bond acceptors (Lipinski definition) is 2. The lowest BCUT2D eigenvalue weighted by atomic mass is 10.1. The number of aliphatic hydroxyl groups is 1. The van der Waals surface area contributed by atoms with Gasteiger partial charge < -0.3 is 10.4 Å². The van der Waals surface area contributed by atoms with Gasteiger partial charge in [0.2, 0.25) is 0 Å². The molecule has 2 N–H and O–H groups in total. The summed E-state index contributed by atoms with van der Waals surface area (Å²) in [5.74, 6) is -0.179. The van der Waals surface area contributed by atoms with Crippen LogP contribution in [-0.4, -0.2) is 17.3 Å². The maximum absolute atomic E-state index is 13.4. The van der Waals surface area contributed by atoms with E-state index in [-0.39, 0.29) is 18.0 Å². The lowest BCUT2D eigenvalue weighted by Crippen LogP contribution is -2.34. The smallest absolute Gasteiger partial charge is 0.127 e. The summed E-state index contributed by atoms with van der Waals surface area (Å²) in [4.78, 5) is 0. The Hall–Kier alpha value is -0.930. The van der Waals surface area contributed by atoms with Crippen LogP contribution in [-0.2, 0) is 6.54 Å². The lowest BCUT2D eigenvalue weighted by Gasteiger charge is -2.14. The Morgan fingerprint density at radius 3 is 2.80 bits per heavy atom. The largest absolute Gasteiger partial charge is 0.394 e. The summed E-state index contributed by atoms with van der Waals surface area (Å²) in [7, 11) is 0. The van der Waals surface area contributed by atoms with Crippen LogP contribution >= 0.6 is 0 Å². The van der Waals surface area contributed by atoms with Crippen LogP contribution in [0.3, 0.4) is 0 Å². The number of aryl methyl sites for hydroxylation is 1. The Bertz CT molecular complexity index is 361. The molecule has 3 heteroatoms. The number of hydrogen-bond donors (Lipinski definition) is 2. The Morgan fingerprint density at radius 1 is 1.47 bits per heavy atom. The minimum Gasteiger partial charge on any atom is -0.394 e. The molecule has 1 aromatic carbocycles. The van der Waals surface area contributed by atoms with Gasteiger partial charge in [0.1, 0.15) is 5.82 Å². The highest BCUT2D eigenvalue weighted by Gasteiger charge is 2.41. The number of aliphatic hydroxyl groups excluding tert-OH is 1. The Labute approximate surface area is 89.1 Å². The second-order valence-corrected chi connectivity index (χ2v) is 4.39. The van der Waals surface area contributed by atoms with Crippen LogP contribution in [0.1, 0.15) is 24.0 Å². The highest BCUT2D eigenvalue weighted by Crippen LogP contribution is 2.34. The van der Waals surface area contributed by atoms with Gasteiger partial charge in [0.15, 0.2) is 0 Å². The minimum absolute atomic E-state index is 0.129. The van der Waals surface area contributed by atoms with Gasteiger partial charge in [-0.25, -0.2) is 4.39 Å².